The minimum absolute atomic E-state index is 0.0596. The average molecular weight is 579 g/mol. The lowest BCUT2D eigenvalue weighted by Gasteiger charge is -2.42. The molecule has 0 amide bonds. The van der Waals surface area contributed by atoms with E-state index in [0.717, 1.165) is 5.76 Å². The van der Waals surface area contributed by atoms with Crippen molar-refractivity contribution in [3.8, 4) is 0 Å². The summed E-state index contributed by atoms with van der Waals surface area (Å²) in [5, 5.41) is 3.81. The molecule has 3 aromatic rings. The zero-order chi connectivity index (χ0) is 29.4. The predicted octanol–water partition coefficient (Wildman–Crippen LogP) is 8.67. The van der Waals surface area contributed by atoms with E-state index >= 15 is 0 Å². The Bertz CT molecular complexity index is 1110. The third-order valence-corrected chi connectivity index (χ3v) is 13.8. The highest BCUT2D eigenvalue weighted by Gasteiger charge is 2.46. The Hall–Kier alpha value is -2.56. The zero-order valence-electron chi connectivity index (χ0n) is 26.3. The molecule has 2 aliphatic carbocycles. The van der Waals surface area contributed by atoms with Crippen LogP contribution in [0.4, 0.5) is 0 Å². The minimum atomic E-state index is -2.86. The van der Waals surface area contributed by atoms with E-state index in [-0.39, 0.29) is 11.5 Å². The molecule has 0 spiro atoms. The SMILES string of the molecule is C=C(CC(O[Si](c1ccccc1)(c1ccccc1)c1ccccc1)C(C)(C)C)OB(C1CCCCC1)C1CCCCC1. The maximum atomic E-state index is 7.70. The first kappa shape index (κ1) is 30.9. The van der Waals surface area contributed by atoms with E-state index in [4.69, 9.17) is 9.08 Å². The Balaban J connectivity index is 1.49. The molecule has 222 valence electrons. The summed E-state index contributed by atoms with van der Waals surface area (Å²) in [6.07, 6.45) is 14.0. The smallest absolute Gasteiger partial charge is 0.363 e. The van der Waals surface area contributed by atoms with Crippen LogP contribution in [0.5, 0.6) is 0 Å². The number of benzene rings is 3. The Morgan fingerprint density at radius 1 is 0.690 bits per heavy atom. The van der Waals surface area contributed by atoms with E-state index < -0.39 is 8.32 Å². The van der Waals surface area contributed by atoms with Crippen molar-refractivity contribution in [3.63, 3.8) is 0 Å². The van der Waals surface area contributed by atoms with Crippen LogP contribution in [0.2, 0.25) is 11.6 Å². The van der Waals surface area contributed by atoms with Crippen molar-refractivity contribution < 1.29 is 9.08 Å². The third-order valence-electron chi connectivity index (χ3n) is 9.77. The molecule has 2 fully saturated rings. The number of hydrogen-bond donors (Lipinski definition) is 0. The second-order valence-corrected chi connectivity index (χ2v) is 17.2. The molecule has 0 bridgehead atoms. The van der Waals surface area contributed by atoms with Gasteiger partial charge in [-0.3, -0.25) is 0 Å². The monoisotopic (exact) mass is 578 g/mol. The molecule has 5 rings (SSSR count). The van der Waals surface area contributed by atoms with Gasteiger partial charge in [0.15, 0.2) is 0 Å². The maximum Gasteiger partial charge on any atom is 0.363 e. The van der Waals surface area contributed by atoms with E-state index in [1.165, 1.54) is 79.8 Å². The second kappa shape index (κ2) is 14.3. The molecule has 0 radical (unpaired) electrons. The van der Waals surface area contributed by atoms with Crippen molar-refractivity contribution in [2.24, 2.45) is 5.41 Å². The maximum absolute atomic E-state index is 7.70. The largest absolute Gasteiger partial charge is 0.563 e. The standard InChI is InChI=1S/C38H51BO2Si/c1-31(40-39(32-20-10-5-11-21-32)33-22-12-6-13-23-33)30-37(38(2,3)4)41-42(34-24-14-7-15-25-34,35-26-16-8-17-27-35)36-28-18-9-19-29-36/h7-9,14-19,24-29,32-33,37H,1,5-6,10-13,20-23,30H2,2-4H3. The van der Waals surface area contributed by atoms with Crippen LogP contribution in [0.1, 0.15) is 91.4 Å². The molecular weight excluding hydrogens is 527 g/mol. The normalized spacial score (nSPS) is 17.9. The molecule has 42 heavy (non-hydrogen) atoms. The van der Waals surface area contributed by atoms with Crippen LogP contribution in [0.25, 0.3) is 0 Å². The highest BCUT2D eigenvalue weighted by atomic mass is 28.4. The van der Waals surface area contributed by atoms with Gasteiger partial charge in [-0.05, 0) is 32.6 Å². The molecule has 2 saturated carbocycles. The molecule has 0 saturated heterocycles. The van der Waals surface area contributed by atoms with Gasteiger partial charge in [0.05, 0.1) is 11.9 Å². The number of rotatable bonds is 11. The van der Waals surface area contributed by atoms with Gasteiger partial charge in [-0.15, -0.1) is 0 Å². The van der Waals surface area contributed by atoms with Gasteiger partial charge in [0, 0.05) is 6.42 Å². The predicted molar refractivity (Wildman–Crippen MR) is 183 cm³/mol. The van der Waals surface area contributed by atoms with E-state index in [2.05, 4.69) is 118 Å². The van der Waals surface area contributed by atoms with Crippen molar-refractivity contribution >= 4 is 30.8 Å². The molecule has 0 aromatic heterocycles. The van der Waals surface area contributed by atoms with Crippen LogP contribution in [-0.2, 0) is 9.08 Å². The fourth-order valence-corrected chi connectivity index (χ4v) is 11.7. The summed E-state index contributed by atoms with van der Waals surface area (Å²) in [5.41, 5.74) is -0.103. The second-order valence-electron chi connectivity index (χ2n) is 13.9. The van der Waals surface area contributed by atoms with E-state index in [0.29, 0.717) is 25.0 Å². The third kappa shape index (κ3) is 7.32. The van der Waals surface area contributed by atoms with Gasteiger partial charge in [0.2, 0.25) is 0 Å². The lowest BCUT2D eigenvalue weighted by molar-refractivity contribution is 0.0764. The lowest BCUT2D eigenvalue weighted by Crippen LogP contribution is -2.71. The first-order chi connectivity index (χ1) is 20.4. The van der Waals surface area contributed by atoms with Crippen molar-refractivity contribution in [1.82, 2.24) is 0 Å². The highest BCUT2D eigenvalue weighted by molar-refractivity contribution is 7.07. The van der Waals surface area contributed by atoms with Crippen molar-refractivity contribution in [2.75, 3.05) is 0 Å². The van der Waals surface area contributed by atoms with Crippen LogP contribution in [0.3, 0.4) is 0 Å². The van der Waals surface area contributed by atoms with Crippen LogP contribution in [0, 0.1) is 5.41 Å². The van der Waals surface area contributed by atoms with Gasteiger partial charge in [-0.2, -0.15) is 0 Å². The molecule has 0 N–H and O–H groups in total. The molecule has 0 aliphatic heterocycles. The van der Waals surface area contributed by atoms with Crippen LogP contribution >= 0.6 is 0 Å². The van der Waals surface area contributed by atoms with E-state index in [1.807, 2.05) is 0 Å². The fourth-order valence-electron chi connectivity index (χ4n) is 7.41. The highest BCUT2D eigenvalue weighted by Crippen LogP contribution is 2.43. The van der Waals surface area contributed by atoms with Gasteiger partial charge in [0.25, 0.3) is 8.32 Å². The summed E-state index contributed by atoms with van der Waals surface area (Å²) in [7, 11) is -2.86. The molecular formula is C38H51BO2Si. The summed E-state index contributed by atoms with van der Waals surface area (Å²) in [6, 6.07) is 32.8. The van der Waals surface area contributed by atoms with Crippen LogP contribution < -0.4 is 15.6 Å². The van der Waals surface area contributed by atoms with Crippen molar-refractivity contribution in [2.45, 2.75) is 109 Å². The number of hydrogen-bond acceptors (Lipinski definition) is 2. The molecule has 2 nitrogen and oxygen atoms in total. The van der Waals surface area contributed by atoms with Crippen LogP contribution in [-0.4, -0.2) is 21.3 Å². The van der Waals surface area contributed by atoms with Gasteiger partial charge < -0.3 is 9.08 Å². The van der Waals surface area contributed by atoms with E-state index in [1.54, 1.807) is 0 Å². The van der Waals surface area contributed by atoms with Gasteiger partial charge in [-0.25, -0.2) is 0 Å². The first-order valence-corrected chi connectivity index (χ1v) is 18.5. The van der Waals surface area contributed by atoms with Crippen LogP contribution in [0.15, 0.2) is 103 Å². The first-order valence-electron chi connectivity index (χ1n) is 16.6. The van der Waals surface area contributed by atoms with Crippen molar-refractivity contribution in [1.29, 1.82) is 0 Å². The average Bonchev–Trinajstić information content (AvgIpc) is 3.03. The molecule has 0 heterocycles. The summed E-state index contributed by atoms with van der Waals surface area (Å²) in [5.74, 6) is 2.24. The minimum Gasteiger partial charge on any atom is -0.563 e. The summed E-state index contributed by atoms with van der Waals surface area (Å²) < 4.78 is 14.7. The van der Waals surface area contributed by atoms with Gasteiger partial charge >= 0.3 is 6.92 Å². The molecule has 1 unspecified atom stereocenters. The summed E-state index contributed by atoms with van der Waals surface area (Å²) in [6.45, 7) is 11.8. The molecule has 3 aromatic carbocycles. The molecule has 1 atom stereocenters. The van der Waals surface area contributed by atoms with Gasteiger partial charge in [-0.1, -0.05) is 183 Å². The Morgan fingerprint density at radius 3 is 1.43 bits per heavy atom. The molecule has 4 heteroatoms. The van der Waals surface area contributed by atoms with Gasteiger partial charge in [0.1, 0.15) is 0 Å². The quantitative estimate of drug-likeness (QED) is 0.129. The Kier molecular flexibility index (Phi) is 10.5. The topological polar surface area (TPSA) is 18.5 Å². The fraction of sp³-hybridized carbons (Fsp3) is 0.474. The lowest BCUT2D eigenvalue weighted by atomic mass is 9.41. The Labute approximate surface area is 257 Å². The van der Waals surface area contributed by atoms with Crippen molar-refractivity contribution in [3.05, 3.63) is 103 Å². The molecule has 2 aliphatic rings. The summed E-state index contributed by atoms with van der Waals surface area (Å²) in [4.78, 5) is 0. The van der Waals surface area contributed by atoms with E-state index in [9.17, 15) is 0 Å². The Morgan fingerprint density at radius 2 is 1.07 bits per heavy atom. The zero-order valence-corrected chi connectivity index (χ0v) is 27.3. The summed E-state index contributed by atoms with van der Waals surface area (Å²) >= 11 is 0.